The Morgan fingerprint density at radius 2 is 1.72 bits per heavy atom. The second-order valence-electron chi connectivity index (χ2n) is 3.77. The molecule has 0 radical (unpaired) electrons. The lowest BCUT2D eigenvalue weighted by atomic mass is 10.1. The largest absolute Gasteiger partial charge is 0.507 e. The molecule has 0 unspecified atom stereocenters. The van der Waals surface area contributed by atoms with Crippen LogP contribution in [0.1, 0.15) is 15.9 Å². The van der Waals surface area contributed by atoms with Crippen LogP contribution in [0.2, 0.25) is 5.02 Å². The van der Waals surface area contributed by atoms with Gasteiger partial charge < -0.3 is 5.11 Å². The van der Waals surface area contributed by atoms with Crippen LogP contribution in [0, 0.1) is 0 Å². The second-order valence-corrected chi connectivity index (χ2v) is 4.20. The molecule has 0 amide bonds. The average Bonchev–Trinajstić information content (AvgIpc) is 2.38. The molecule has 18 heavy (non-hydrogen) atoms. The lowest BCUT2D eigenvalue weighted by molar-refractivity contribution is 0.104. The second kappa shape index (κ2) is 5.52. The van der Waals surface area contributed by atoms with Crippen LogP contribution in [0.4, 0.5) is 0 Å². The predicted molar refractivity (Wildman–Crippen MR) is 72.9 cm³/mol. The van der Waals surface area contributed by atoms with Crippen LogP contribution < -0.4 is 0 Å². The molecule has 0 aliphatic rings. The Balaban J connectivity index is 2.17. The van der Waals surface area contributed by atoms with Gasteiger partial charge >= 0.3 is 0 Å². The Kier molecular flexibility index (Phi) is 3.80. The Bertz CT molecular complexity index is 586. The predicted octanol–water partition coefficient (Wildman–Crippen LogP) is 3.94. The van der Waals surface area contributed by atoms with Gasteiger partial charge in [0, 0.05) is 5.02 Å². The number of para-hydroxylation sites is 1. The molecule has 0 fully saturated rings. The lowest BCUT2D eigenvalue weighted by Gasteiger charge is -1.99. The van der Waals surface area contributed by atoms with E-state index in [0.29, 0.717) is 10.6 Å². The van der Waals surface area contributed by atoms with Crippen molar-refractivity contribution in [3.8, 4) is 5.75 Å². The number of rotatable bonds is 3. The molecule has 90 valence electrons. The van der Waals surface area contributed by atoms with Gasteiger partial charge in [-0.1, -0.05) is 41.9 Å². The maximum atomic E-state index is 11.8. The summed E-state index contributed by atoms with van der Waals surface area (Å²) >= 11 is 5.77. The van der Waals surface area contributed by atoms with Gasteiger partial charge in [0.15, 0.2) is 5.78 Å². The number of phenolic OH excluding ortho intramolecular Hbond substituents is 1. The van der Waals surface area contributed by atoms with E-state index in [0.717, 1.165) is 5.56 Å². The van der Waals surface area contributed by atoms with Crippen molar-refractivity contribution in [3.63, 3.8) is 0 Å². The Hall–Kier alpha value is -2.06. The van der Waals surface area contributed by atoms with E-state index in [9.17, 15) is 9.90 Å². The van der Waals surface area contributed by atoms with Gasteiger partial charge in [-0.3, -0.25) is 4.79 Å². The Morgan fingerprint density at radius 3 is 2.39 bits per heavy atom. The third kappa shape index (κ3) is 2.99. The minimum atomic E-state index is -0.233. The van der Waals surface area contributed by atoms with E-state index >= 15 is 0 Å². The number of ketones is 1. The number of phenols is 1. The van der Waals surface area contributed by atoms with Crippen molar-refractivity contribution in [2.24, 2.45) is 0 Å². The zero-order valence-corrected chi connectivity index (χ0v) is 10.3. The highest BCUT2D eigenvalue weighted by atomic mass is 35.5. The van der Waals surface area contributed by atoms with Gasteiger partial charge in [-0.2, -0.15) is 0 Å². The molecule has 2 rings (SSSR count). The molecule has 0 aliphatic carbocycles. The van der Waals surface area contributed by atoms with Crippen molar-refractivity contribution >= 4 is 23.5 Å². The topological polar surface area (TPSA) is 37.3 Å². The molecule has 2 aromatic rings. The Morgan fingerprint density at radius 1 is 1.06 bits per heavy atom. The smallest absolute Gasteiger partial charge is 0.189 e. The fourth-order valence-corrected chi connectivity index (χ4v) is 1.64. The summed E-state index contributed by atoms with van der Waals surface area (Å²) in [4.78, 5) is 11.8. The number of carbonyl (C=O) groups is 1. The molecule has 0 atom stereocenters. The van der Waals surface area contributed by atoms with Gasteiger partial charge in [-0.05, 0) is 35.9 Å². The fourth-order valence-electron chi connectivity index (χ4n) is 1.52. The quantitative estimate of drug-likeness (QED) is 0.669. The number of carbonyl (C=O) groups excluding carboxylic acids is 1. The number of halogens is 1. The van der Waals surface area contributed by atoms with E-state index in [1.54, 1.807) is 36.4 Å². The zero-order chi connectivity index (χ0) is 13.0. The van der Waals surface area contributed by atoms with Crippen LogP contribution >= 0.6 is 11.6 Å². The monoisotopic (exact) mass is 258 g/mol. The molecular formula is C15H11ClO2. The molecule has 2 aromatic carbocycles. The summed E-state index contributed by atoms with van der Waals surface area (Å²) in [5.74, 6) is -0.244. The normalized spacial score (nSPS) is 10.7. The summed E-state index contributed by atoms with van der Waals surface area (Å²) < 4.78 is 0. The van der Waals surface area contributed by atoms with Crippen molar-refractivity contribution in [2.75, 3.05) is 0 Å². The van der Waals surface area contributed by atoms with Crippen molar-refractivity contribution in [1.82, 2.24) is 0 Å². The number of allylic oxidation sites excluding steroid dienone is 1. The highest BCUT2D eigenvalue weighted by molar-refractivity contribution is 6.30. The first kappa shape index (κ1) is 12.4. The van der Waals surface area contributed by atoms with Gasteiger partial charge in [0.25, 0.3) is 0 Å². The van der Waals surface area contributed by atoms with Gasteiger partial charge in [-0.25, -0.2) is 0 Å². The van der Waals surface area contributed by atoms with Gasteiger partial charge in [-0.15, -0.1) is 0 Å². The standard InChI is InChI=1S/C15H11ClO2/c16-12-8-5-11(6-9-12)7-10-15(18)13-3-1-2-4-14(13)17/h1-10,17H/b10-7-. The van der Waals surface area contributed by atoms with E-state index in [1.165, 1.54) is 12.1 Å². The highest BCUT2D eigenvalue weighted by Crippen LogP contribution is 2.17. The summed E-state index contributed by atoms with van der Waals surface area (Å²) in [6.45, 7) is 0. The minimum Gasteiger partial charge on any atom is -0.507 e. The summed E-state index contributed by atoms with van der Waals surface area (Å²) in [5, 5.41) is 10.2. The van der Waals surface area contributed by atoms with Crippen LogP contribution in [0.25, 0.3) is 6.08 Å². The van der Waals surface area contributed by atoms with Crippen LogP contribution in [0.3, 0.4) is 0 Å². The minimum absolute atomic E-state index is 0.0109. The van der Waals surface area contributed by atoms with E-state index in [4.69, 9.17) is 11.6 Å². The fraction of sp³-hybridized carbons (Fsp3) is 0. The first-order valence-electron chi connectivity index (χ1n) is 5.43. The van der Waals surface area contributed by atoms with Gasteiger partial charge in [0.05, 0.1) is 5.56 Å². The SMILES string of the molecule is O=C(/C=C\c1ccc(Cl)cc1)c1ccccc1O. The van der Waals surface area contributed by atoms with Crippen LogP contribution in [0.5, 0.6) is 5.75 Å². The van der Waals surface area contributed by atoms with E-state index in [2.05, 4.69) is 0 Å². The molecular weight excluding hydrogens is 248 g/mol. The number of hydrogen-bond acceptors (Lipinski definition) is 2. The summed E-state index contributed by atoms with van der Waals surface area (Å²) in [5.41, 5.74) is 1.17. The van der Waals surface area contributed by atoms with Crippen LogP contribution in [-0.4, -0.2) is 10.9 Å². The lowest BCUT2D eigenvalue weighted by Crippen LogP contribution is -1.94. The van der Waals surface area contributed by atoms with E-state index in [-0.39, 0.29) is 11.5 Å². The van der Waals surface area contributed by atoms with Crippen molar-refractivity contribution < 1.29 is 9.90 Å². The maximum Gasteiger partial charge on any atom is 0.189 e. The molecule has 0 saturated carbocycles. The zero-order valence-electron chi connectivity index (χ0n) is 9.51. The van der Waals surface area contributed by atoms with Crippen molar-refractivity contribution in [2.45, 2.75) is 0 Å². The van der Waals surface area contributed by atoms with Crippen LogP contribution in [-0.2, 0) is 0 Å². The molecule has 3 heteroatoms. The molecule has 0 heterocycles. The van der Waals surface area contributed by atoms with Crippen LogP contribution in [0.15, 0.2) is 54.6 Å². The third-order valence-electron chi connectivity index (χ3n) is 2.47. The van der Waals surface area contributed by atoms with E-state index in [1.807, 2.05) is 12.1 Å². The summed E-state index contributed by atoms with van der Waals surface area (Å²) in [7, 11) is 0. The molecule has 0 spiro atoms. The third-order valence-corrected chi connectivity index (χ3v) is 2.72. The molecule has 0 aromatic heterocycles. The van der Waals surface area contributed by atoms with E-state index < -0.39 is 0 Å². The van der Waals surface area contributed by atoms with Gasteiger partial charge in [0.1, 0.15) is 5.75 Å². The van der Waals surface area contributed by atoms with Crippen molar-refractivity contribution in [1.29, 1.82) is 0 Å². The Labute approximate surface area is 110 Å². The average molecular weight is 259 g/mol. The number of aromatic hydroxyl groups is 1. The molecule has 2 nitrogen and oxygen atoms in total. The van der Waals surface area contributed by atoms with Crippen molar-refractivity contribution in [3.05, 3.63) is 70.8 Å². The first-order chi connectivity index (χ1) is 8.66. The molecule has 0 saturated heterocycles. The first-order valence-corrected chi connectivity index (χ1v) is 5.80. The molecule has 0 aliphatic heterocycles. The highest BCUT2D eigenvalue weighted by Gasteiger charge is 2.06. The summed E-state index contributed by atoms with van der Waals surface area (Å²) in [6, 6.07) is 13.6. The van der Waals surface area contributed by atoms with Gasteiger partial charge in [0.2, 0.25) is 0 Å². The molecule has 1 N–H and O–H groups in total. The number of benzene rings is 2. The maximum absolute atomic E-state index is 11.8. The number of hydrogen-bond donors (Lipinski definition) is 1. The molecule has 0 bridgehead atoms. The summed E-state index contributed by atoms with van der Waals surface area (Å²) in [6.07, 6.45) is 3.11.